The SMILES string of the molecule is COc1ccc(-n2nnnc2SCC(=O)Nc2cc3c(cc2Cl)OCCO3)cc1. The number of thioether (sulfide) groups is 1. The molecule has 1 aliphatic heterocycles. The molecule has 11 heteroatoms. The molecule has 9 nitrogen and oxygen atoms in total. The number of fused-ring (bicyclic) bond motifs is 1. The van der Waals surface area contributed by atoms with Crippen molar-refractivity contribution in [2.24, 2.45) is 0 Å². The number of nitrogens with one attached hydrogen (secondary N) is 1. The van der Waals surface area contributed by atoms with Crippen LogP contribution < -0.4 is 19.5 Å². The third-order valence-corrected chi connectivity index (χ3v) is 5.23. The highest BCUT2D eigenvalue weighted by Gasteiger charge is 2.17. The maximum Gasteiger partial charge on any atom is 0.234 e. The van der Waals surface area contributed by atoms with Crippen LogP contribution in [0.5, 0.6) is 17.2 Å². The number of nitrogens with zero attached hydrogens (tertiary/aromatic N) is 4. The molecule has 2 aromatic carbocycles. The molecule has 0 spiro atoms. The highest BCUT2D eigenvalue weighted by Crippen LogP contribution is 2.38. The Morgan fingerprint density at radius 2 is 1.97 bits per heavy atom. The van der Waals surface area contributed by atoms with Gasteiger partial charge in [-0.05, 0) is 34.7 Å². The van der Waals surface area contributed by atoms with Crippen molar-refractivity contribution < 1.29 is 19.0 Å². The number of tetrazole rings is 1. The number of carbonyl (C=O) groups excluding carboxylic acids is 1. The number of halogens is 1. The van der Waals surface area contributed by atoms with E-state index in [9.17, 15) is 4.79 Å². The number of hydrogen-bond donors (Lipinski definition) is 1. The molecule has 1 amide bonds. The first-order chi connectivity index (χ1) is 14.1. The minimum Gasteiger partial charge on any atom is -0.497 e. The molecule has 29 heavy (non-hydrogen) atoms. The van der Waals surface area contributed by atoms with Gasteiger partial charge in [-0.2, -0.15) is 4.68 Å². The Bertz CT molecular complexity index is 1030. The van der Waals surface area contributed by atoms with E-state index < -0.39 is 0 Å². The lowest BCUT2D eigenvalue weighted by atomic mass is 10.2. The van der Waals surface area contributed by atoms with Crippen molar-refractivity contribution in [2.75, 3.05) is 31.4 Å². The molecule has 0 unspecified atom stereocenters. The lowest BCUT2D eigenvalue weighted by molar-refractivity contribution is -0.113. The number of carbonyl (C=O) groups is 1. The topological polar surface area (TPSA) is 100 Å². The molecule has 1 aromatic heterocycles. The Balaban J connectivity index is 1.41. The molecule has 0 aliphatic carbocycles. The number of ether oxygens (including phenoxy) is 3. The lowest BCUT2D eigenvalue weighted by Gasteiger charge is -2.20. The second-order valence-corrected chi connectivity index (χ2v) is 7.23. The molecule has 0 saturated carbocycles. The van der Waals surface area contributed by atoms with E-state index in [0.717, 1.165) is 11.4 Å². The fraction of sp³-hybridized carbons (Fsp3) is 0.222. The normalized spacial score (nSPS) is 12.5. The van der Waals surface area contributed by atoms with E-state index in [0.29, 0.717) is 40.6 Å². The van der Waals surface area contributed by atoms with Crippen molar-refractivity contribution in [2.45, 2.75) is 5.16 Å². The number of anilines is 1. The number of benzene rings is 2. The van der Waals surface area contributed by atoms with Crippen LogP contribution in [0.15, 0.2) is 41.6 Å². The highest BCUT2D eigenvalue weighted by atomic mass is 35.5. The number of hydrogen-bond acceptors (Lipinski definition) is 8. The maximum absolute atomic E-state index is 12.4. The number of amides is 1. The van der Waals surface area contributed by atoms with E-state index in [-0.39, 0.29) is 11.7 Å². The fourth-order valence-corrected chi connectivity index (χ4v) is 3.52. The summed E-state index contributed by atoms with van der Waals surface area (Å²) in [5.74, 6) is 1.69. The van der Waals surface area contributed by atoms with Crippen molar-refractivity contribution in [1.29, 1.82) is 0 Å². The predicted molar refractivity (Wildman–Crippen MR) is 108 cm³/mol. The third-order valence-electron chi connectivity index (χ3n) is 4.00. The Hall–Kier alpha value is -2.98. The Kier molecular flexibility index (Phi) is 5.72. The Morgan fingerprint density at radius 3 is 2.69 bits per heavy atom. The lowest BCUT2D eigenvalue weighted by Crippen LogP contribution is -2.17. The summed E-state index contributed by atoms with van der Waals surface area (Å²) in [6, 6.07) is 10.6. The first-order valence-electron chi connectivity index (χ1n) is 8.58. The number of methoxy groups -OCH3 is 1. The summed E-state index contributed by atoms with van der Waals surface area (Å²) in [5, 5.41) is 15.3. The molecule has 1 aliphatic rings. The molecule has 0 saturated heterocycles. The highest BCUT2D eigenvalue weighted by molar-refractivity contribution is 7.99. The van der Waals surface area contributed by atoms with Gasteiger partial charge in [-0.25, -0.2) is 0 Å². The van der Waals surface area contributed by atoms with Crippen molar-refractivity contribution in [3.63, 3.8) is 0 Å². The van der Waals surface area contributed by atoms with Gasteiger partial charge in [-0.3, -0.25) is 4.79 Å². The third kappa shape index (κ3) is 4.38. The van der Waals surface area contributed by atoms with Gasteiger partial charge >= 0.3 is 0 Å². The van der Waals surface area contributed by atoms with Gasteiger partial charge in [0.1, 0.15) is 19.0 Å². The Labute approximate surface area is 175 Å². The van der Waals surface area contributed by atoms with Crippen LogP contribution in [0.4, 0.5) is 5.69 Å². The van der Waals surface area contributed by atoms with Crippen LogP contribution >= 0.6 is 23.4 Å². The summed E-state index contributed by atoms with van der Waals surface area (Å²) >= 11 is 7.44. The molecular weight excluding hydrogens is 418 g/mol. The second-order valence-electron chi connectivity index (χ2n) is 5.88. The maximum atomic E-state index is 12.4. The average molecular weight is 434 g/mol. The smallest absolute Gasteiger partial charge is 0.234 e. The first-order valence-corrected chi connectivity index (χ1v) is 9.95. The van der Waals surface area contributed by atoms with E-state index in [4.69, 9.17) is 25.8 Å². The largest absolute Gasteiger partial charge is 0.497 e. The molecular formula is C18H16ClN5O4S. The van der Waals surface area contributed by atoms with E-state index in [1.54, 1.807) is 23.9 Å². The van der Waals surface area contributed by atoms with Crippen LogP contribution in [0, 0.1) is 0 Å². The molecule has 4 rings (SSSR count). The quantitative estimate of drug-likeness (QED) is 0.592. The van der Waals surface area contributed by atoms with Crippen molar-refractivity contribution in [3.05, 3.63) is 41.4 Å². The molecule has 0 atom stereocenters. The van der Waals surface area contributed by atoms with Crippen LogP contribution in [0.1, 0.15) is 0 Å². The summed E-state index contributed by atoms with van der Waals surface area (Å²) in [5.41, 5.74) is 1.21. The van der Waals surface area contributed by atoms with Gasteiger partial charge in [0.25, 0.3) is 0 Å². The summed E-state index contributed by atoms with van der Waals surface area (Å²) in [7, 11) is 1.60. The standard InChI is InChI=1S/C18H16ClN5O4S/c1-26-12-4-2-11(3-5-12)24-18(21-22-23-24)29-10-17(25)20-14-9-16-15(8-13(14)19)27-6-7-28-16/h2-5,8-9H,6-7,10H2,1H3,(H,20,25). The van der Waals surface area contributed by atoms with Crippen molar-refractivity contribution in [1.82, 2.24) is 20.2 Å². The molecule has 0 radical (unpaired) electrons. The Morgan fingerprint density at radius 1 is 1.24 bits per heavy atom. The van der Waals surface area contributed by atoms with Gasteiger partial charge in [0.05, 0.1) is 29.3 Å². The van der Waals surface area contributed by atoms with E-state index >= 15 is 0 Å². The van der Waals surface area contributed by atoms with Crippen LogP contribution in [0.3, 0.4) is 0 Å². The zero-order valence-corrected chi connectivity index (χ0v) is 16.9. The van der Waals surface area contributed by atoms with Crippen LogP contribution in [0.25, 0.3) is 5.69 Å². The van der Waals surface area contributed by atoms with Crippen LogP contribution in [-0.2, 0) is 4.79 Å². The molecule has 2 heterocycles. The van der Waals surface area contributed by atoms with Gasteiger partial charge in [0.2, 0.25) is 11.1 Å². The second kappa shape index (κ2) is 8.58. The minimum atomic E-state index is -0.252. The van der Waals surface area contributed by atoms with Crippen molar-refractivity contribution >= 4 is 35.0 Å². The number of rotatable bonds is 6. The zero-order valence-electron chi connectivity index (χ0n) is 15.3. The first kappa shape index (κ1) is 19.3. The van der Waals surface area contributed by atoms with E-state index in [1.165, 1.54) is 11.8 Å². The monoisotopic (exact) mass is 433 g/mol. The number of aromatic nitrogens is 4. The molecule has 0 fully saturated rings. The zero-order chi connectivity index (χ0) is 20.2. The van der Waals surface area contributed by atoms with Gasteiger partial charge in [-0.1, -0.05) is 23.4 Å². The fourth-order valence-electron chi connectivity index (χ4n) is 2.63. The minimum absolute atomic E-state index is 0.0985. The molecule has 150 valence electrons. The average Bonchev–Trinajstić information content (AvgIpc) is 3.21. The van der Waals surface area contributed by atoms with Crippen molar-refractivity contribution in [3.8, 4) is 22.9 Å². The van der Waals surface area contributed by atoms with Gasteiger partial charge in [-0.15, -0.1) is 5.10 Å². The van der Waals surface area contributed by atoms with Gasteiger partial charge in [0.15, 0.2) is 11.5 Å². The molecule has 0 bridgehead atoms. The molecule has 3 aromatic rings. The molecule has 1 N–H and O–H groups in total. The van der Waals surface area contributed by atoms with E-state index in [2.05, 4.69) is 20.8 Å². The summed E-state index contributed by atoms with van der Waals surface area (Å²) < 4.78 is 17.7. The van der Waals surface area contributed by atoms with Gasteiger partial charge in [0, 0.05) is 12.1 Å². The summed E-state index contributed by atoms with van der Waals surface area (Å²) in [6.07, 6.45) is 0. The van der Waals surface area contributed by atoms with Crippen LogP contribution in [0.2, 0.25) is 5.02 Å². The summed E-state index contributed by atoms with van der Waals surface area (Å²) in [6.45, 7) is 0.917. The predicted octanol–water partition coefficient (Wildman–Crippen LogP) is 2.83. The summed E-state index contributed by atoms with van der Waals surface area (Å²) in [4.78, 5) is 12.4. The van der Waals surface area contributed by atoms with Crippen LogP contribution in [-0.4, -0.2) is 52.2 Å². The van der Waals surface area contributed by atoms with Gasteiger partial charge < -0.3 is 19.5 Å². The van der Waals surface area contributed by atoms with E-state index in [1.807, 2.05) is 24.3 Å².